The quantitative estimate of drug-likeness (QED) is 0.630. The lowest BCUT2D eigenvalue weighted by Gasteiger charge is -2.13. The molecule has 132 valence electrons. The predicted molar refractivity (Wildman–Crippen MR) is 103 cm³/mol. The number of rotatable bonds is 3. The standard InChI is InChI=1S/C18H15FN4OS2/c1-18(2,3)26(24)22-9-15-13(7-16-17(23-15)21-10-25-16)11-4-5-14(19)12(6-11)8-20/h4-7,9-10H,1-3H3. The zero-order valence-electron chi connectivity index (χ0n) is 14.4. The molecule has 2 aromatic heterocycles. The van der Waals surface area contributed by atoms with Crippen LogP contribution in [0.25, 0.3) is 21.5 Å². The average molecular weight is 386 g/mol. The van der Waals surface area contributed by atoms with Gasteiger partial charge in [0.15, 0.2) is 5.65 Å². The number of hydrogen-bond acceptors (Lipinski definition) is 5. The van der Waals surface area contributed by atoms with Crippen molar-refractivity contribution < 1.29 is 8.60 Å². The van der Waals surface area contributed by atoms with Crippen LogP contribution in [-0.4, -0.2) is 25.1 Å². The first-order valence-electron chi connectivity index (χ1n) is 7.70. The summed E-state index contributed by atoms with van der Waals surface area (Å²) in [5.41, 5.74) is 3.97. The number of benzene rings is 1. The van der Waals surface area contributed by atoms with Gasteiger partial charge in [-0.2, -0.15) is 9.66 Å². The van der Waals surface area contributed by atoms with Crippen molar-refractivity contribution in [2.45, 2.75) is 25.5 Å². The van der Waals surface area contributed by atoms with Gasteiger partial charge in [0.25, 0.3) is 0 Å². The molecule has 0 saturated heterocycles. The van der Waals surface area contributed by atoms with Gasteiger partial charge in [-0.25, -0.2) is 18.6 Å². The summed E-state index contributed by atoms with van der Waals surface area (Å²) in [5.74, 6) is -0.577. The number of pyridine rings is 1. The van der Waals surface area contributed by atoms with Crippen molar-refractivity contribution in [1.29, 1.82) is 5.26 Å². The third-order valence-electron chi connectivity index (χ3n) is 3.55. The molecule has 0 aliphatic rings. The van der Waals surface area contributed by atoms with E-state index in [0.717, 1.165) is 4.70 Å². The minimum absolute atomic E-state index is 0.0481. The number of halogens is 1. The van der Waals surface area contributed by atoms with Crippen LogP contribution in [-0.2, 0) is 11.0 Å². The maximum atomic E-state index is 13.7. The van der Waals surface area contributed by atoms with E-state index in [9.17, 15) is 8.60 Å². The van der Waals surface area contributed by atoms with Crippen molar-refractivity contribution in [3.63, 3.8) is 0 Å². The molecule has 26 heavy (non-hydrogen) atoms. The summed E-state index contributed by atoms with van der Waals surface area (Å²) in [4.78, 5) is 8.68. The summed E-state index contributed by atoms with van der Waals surface area (Å²) in [5, 5.41) is 9.08. The summed E-state index contributed by atoms with van der Waals surface area (Å²) < 4.78 is 30.4. The molecular formula is C18H15FN4OS2. The van der Waals surface area contributed by atoms with Crippen LogP contribution < -0.4 is 0 Å². The van der Waals surface area contributed by atoms with E-state index >= 15 is 0 Å². The van der Waals surface area contributed by atoms with Crippen LogP contribution in [0.1, 0.15) is 32.0 Å². The highest BCUT2D eigenvalue weighted by Gasteiger charge is 2.19. The van der Waals surface area contributed by atoms with Crippen LogP contribution in [0.5, 0.6) is 0 Å². The van der Waals surface area contributed by atoms with Gasteiger partial charge in [-0.3, -0.25) is 0 Å². The Morgan fingerprint density at radius 3 is 2.81 bits per heavy atom. The molecule has 0 bridgehead atoms. The summed E-state index contributed by atoms with van der Waals surface area (Å²) in [6.45, 7) is 5.49. The van der Waals surface area contributed by atoms with Gasteiger partial charge in [-0.05, 0) is 44.5 Å². The lowest BCUT2D eigenvalue weighted by atomic mass is 10.0. The van der Waals surface area contributed by atoms with Gasteiger partial charge in [0, 0.05) is 5.56 Å². The molecule has 0 N–H and O–H groups in total. The van der Waals surface area contributed by atoms with Crippen LogP contribution in [0.2, 0.25) is 0 Å². The fraction of sp³-hybridized carbons (Fsp3) is 0.222. The van der Waals surface area contributed by atoms with Gasteiger partial charge in [0.05, 0.1) is 32.4 Å². The van der Waals surface area contributed by atoms with E-state index in [4.69, 9.17) is 5.26 Å². The van der Waals surface area contributed by atoms with E-state index in [-0.39, 0.29) is 5.56 Å². The molecule has 2 heterocycles. The van der Waals surface area contributed by atoms with Crippen molar-refractivity contribution in [1.82, 2.24) is 9.97 Å². The Kier molecular flexibility index (Phi) is 4.94. The molecule has 8 heteroatoms. The highest BCUT2D eigenvalue weighted by atomic mass is 32.2. The lowest BCUT2D eigenvalue weighted by molar-refractivity contribution is 0.624. The van der Waals surface area contributed by atoms with E-state index in [1.807, 2.05) is 32.9 Å². The van der Waals surface area contributed by atoms with E-state index in [0.29, 0.717) is 22.5 Å². The maximum absolute atomic E-state index is 13.7. The minimum atomic E-state index is -1.44. The monoisotopic (exact) mass is 386 g/mol. The maximum Gasteiger partial charge on any atom is 0.170 e. The van der Waals surface area contributed by atoms with Crippen molar-refractivity contribution in [3.8, 4) is 17.2 Å². The van der Waals surface area contributed by atoms with E-state index in [1.165, 1.54) is 29.7 Å². The zero-order chi connectivity index (χ0) is 18.9. The van der Waals surface area contributed by atoms with Crippen LogP contribution in [0.3, 0.4) is 0 Å². The average Bonchev–Trinajstić information content (AvgIpc) is 3.05. The molecule has 0 spiro atoms. The third-order valence-corrected chi connectivity index (χ3v) is 5.65. The fourth-order valence-electron chi connectivity index (χ4n) is 2.18. The summed E-state index contributed by atoms with van der Waals surface area (Å²) in [6, 6.07) is 8.01. The van der Waals surface area contributed by atoms with E-state index < -0.39 is 21.5 Å². The van der Waals surface area contributed by atoms with Gasteiger partial charge >= 0.3 is 0 Å². The molecule has 0 aliphatic heterocycles. The summed E-state index contributed by atoms with van der Waals surface area (Å²) >= 11 is 1.43. The smallest absolute Gasteiger partial charge is 0.170 e. The topological polar surface area (TPSA) is 79.0 Å². The Morgan fingerprint density at radius 2 is 2.12 bits per heavy atom. The number of thiazole rings is 1. The van der Waals surface area contributed by atoms with Crippen molar-refractivity contribution in [2.75, 3.05) is 0 Å². The van der Waals surface area contributed by atoms with Crippen LogP contribution in [0.4, 0.5) is 4.39 Å². The predicted octanol–water partition coefficient (Wildman–Crippen LogP) is 4.25. The molecule has 3 aromatic rings. The highest BCUT2D eigenvalue weighted by Crippen LogP contribution is 2.29. The van der Waals surface area contributed by atoms with Crippen molar-refractivity contribution >= 4 is 38.9 Å². The van der Waals surface area contributed by atoms with Crippen LogP contribution in [0.15, 0.2) is 34.2 Å². The first-order valence-corrected chi connectivity index (χ1v) is 9.68. The van der Waals surface area contributed by atoms with Gasteiger partial charge in [-0.1, -0.05) is 6.07 Å². The van der Waals surface area contributed by atoms with Crippen LogP contribution >= 0.6 is 11.3 Å². The highest BCUT2D eigenvalue weighted by molar-refractivity contribution is 7.85. The van der Waals surface area contributed by atoms with E-state index in [1.54, 1.807) is 11.6 Å². The molecule has 0 saturated carbocycles. The molecule has 0 fully saturated rings. The Labute approximate surface area is 156 Å². The molecule has 0 aliphatic carbocycles. The van der Waals surface area contributed by atoms with Crippen molar-refractivity contribution in [2.24, 2.45) is 4.40 Å². The second-order valence-corrected chi connectivity index (χ2v) is 9.32. The second-order valence-electron chi connectivity index (χ2n) is 6.50. The first kappa shape index (κ1) is 18.3. The molecule has 5 nitrogen and oxygen atoms in total. The number of aromatic nitrogens is 2. The minimum Gasteiger partial charge on any atom is -0.234 e. The molecule has 3 rings (SSSR count). The number of fused-ring (bicyclic) bond motifs is 1. The van der Waals surface area contributed by atoms with Gasteiger partial charge < -0.3 is 0 Å². The Bertz CT molecular complexity index is 1080. The number of hydrogen-bond donors (Lipinski definition) is 0. The normalized spacial score (nSPS) is 13.2. The van der Waals surface area contributed by atoms with E-state index in [2.05, 4.69) is 14.4 Å². The molecule has 1 unspecified atom stereocenters. The van der Waals surface area contributed by atoms with Crippen molar-refractivity contribution in [3.05, 3.63) is 46.9 Å². The lowest BCUT2D eigenvalue weighted by Crippen LogP contribution is -2.19. The third kappa shape index (κ3) is 3.69. The Morgan fingerprint density at radius 1 is 1.35 bits per heavy atom. The number of nitrogens with zero attached hydrogens (tertiary/aromatic N) is 4. The number of nitriles is 1. The van der Waals surface area contributed by atoms with Crippen LogP contribution in [0, 0.1) is 17.1 Å². The molecule has 1 atom stereocenters. The zero-order valence-corrected chi connectivity index (χ0v) is 16.0. The molecular weight excluding hydrogens is 371 g/mol. The van der Waals surface area contributed by atoms with Gasteiger partial charge in [-0.15, -0.1) is 11.3 Å². The Hall–Kier alpha value is -2.50. The largest absolute Gasteiger partial charge is 0.234 e. The van der Waals surface area contributed by atoms with Gasteiger partial charge in [0.2, 0.25) is 0 Å². The second kappa shape index (κ2) is 7.02. The molecule has 1 aromatic carbocycles. The SMILES string of the molecule is CC(C)(C)S(=O)N=Cc1nc2ncsc2cc1-c1ccc(F)c(C#N)c1. The molecule has 0 radical (unpaired) electrons. The summed E-state index contributed by atoms with van der Waals surface area (Å²) in [6.07, 6.45) is 1.45. The van der Waals surface area contributed by atoms with Gasteiger partial charge in [0.1, 0.15) is 22.9 Å². The molecule has 0 amide bonds. The summed E-state index contributed by atoms with van der Waals surface area (Å²) in [7, 11) is -1.44. The fourth-order valence-corrected chi connectivity index (χ4v) is 3.34. The first-order chi connectivity index (χ1) is 12.3. The Balaban J connectivity index is 2.16.